The summed E-state index contributed by atoms with van der Waals surface area (Å²) >= 11 is 5.94. The van der Waals surface area contributed by atoms with E-state index in [-0.39, 0.29) is 5.78 Å². The van der Waals surface area contributed by atoms with Crippen LogP contribution in [-0.2, 0) is 0 Å². The van der Waals surface area contributed by atoms with Crippen LogP contribution in [-0.4, -0.2) is 5.78 Å². The largest absolute Gasteiger partial charge is 0.453 e. The van der Waals surface area contributed by atoms with Gasteiger partial charge in [0.1, 0.15) is 5.58 Å². The van der Waals surface area contributed by atoms with E-state index in [0.717, 1.165) is 10.9 Å². The summed E-state index contributed by atoms with van der Waals surface area (Å²) in [6.45, 7) is 1.99. The van der Waals surface area contributed by atoms with Crippen LogP contribution in [0.15, 0.2) is 46.9 Å². The SMILES string of the molecule is Cc1ccc2oc(C(=O)c3ccc(N)c(Cl)c3)cc2c1. The molecule has 1 aromatic heterocycles. The lowest BCUT2D eigenvalue weighted by atomic mass is 10.1. The molecule has 0 saturated heterocycles. The molecule has 3 rings (SSSR count). The number of nitrogens with two attached hydrogens (primary N) is 1. The Morgan fingerprint density at radius 1 is 1.15 bits per heavy atom. The first kappa shape index (κ1) is 12.8. The highest BCUT2D eigenvalue weighted by Gasteiger charge is 2.15. The van der Waals surface area contributed by atoms with Crippen molar-refractivity contribution in [1.29, 1.82) is 0 Å². The Morgan fingerprint density at radius 3 is 2.70 bits per heavy atom. The number of nitrogen functional groups attached to an aromatic ring is 1. The van der Waals surface area contributed by atoms with E-state index in [2.05, 4.69) is 0 Å². The first-order valence-corrected chi connectivity index (χ1v) is 6.52. The Bertz CT molecular complexity index is 820. The number of carbonyl (C=O) groups is 1. The van der Waals surface area contributed by atoms with Crippen molar-refractivity contribution in [2.45, 2.75) is 6.92 Å². The van der Waals surface area contributed by atoms with Gasteiger partial charge in [0.15, 0.2) is 5.76 Å². The lowest BCUT2D eigenvalue weighted by molar-refractivity contribution is 0.101. The third-order valence-corrected chi connectivity index (χ3v) is 3.49. The van der Waals surface area contributed by atoms with E-state index in [1.54, 1.807) is 24.3 Å². The summed E-state index contributed by atoms with van der Waals surface area (Å²) in [5, 5.41) is 1.28. The molecule has 0 unspecified atom stereocenters. The summed E-state index contributed by atoms with van der Waals surface area (Å²) in [5.74, 6) is 0.0900. The number of anilines is 1. The van der Waals surface area contributed by atoms with Gasteiger partial charge in [0.25, 0.3) is 0 Å². The number of ketones is 1. The van der Waals surface area contributed by atoms with Crippen LogP contribution >= 0.6 is 11.6 Å². The van der Waals surface area contributed by atoms with Gasteiger partial charge in [-0.2, -0.15) is 0 Å². The van der Waals surface area contributed by atoms with Gasteiger partial charge in [-0.15, -0.1) is 0 Å². The zero-order valence-electron chi connectivity index (χ0n) is 10.8. The predicted octanol–water partition coefficient (Wildman–Crippen LogP) is 4.21. The molecule has 0 amide bonds. The standard InChI is InChI=1S/C16H12ClNO2/c1-9-2-5-14-11(6-9)8-15(20-14)16(19)10-3-4-13(18)12(17)7-10/h2-8H,18H2,1H3. The fourth-order valence-electron chi connectivity index (χ4n) is 2.09. The van der Waals surface area contributed by atoms with Crippen LogP contribution in [0.1, 0.15) is 21.7 Å². The maximum absolute atomic E-state index is 12.4. The van der Waals surface area contributed by atoms with Gasteiger partial charge in [0.05, 0.1) is 10.7 Å². The summed E-state index contributed by atoms with van der Waals surface area (Å²) < 4.78 is 5.59. The first-order valence-electron chi connectivity index (χ1n) is 6.14. The molecule has 1 heterocycles. The molecule has 0 aliphatic heterocycles. The molecule has 3 aromatic rings. The maximum atomic E-state index is 12.4. The van der Waals surface area contributed by atoms with Crippen LogP contribution in [0, 0.1) is 6.92 Å². The molecule has 0 aliphatic rings. The van der Waals surface area contributed by atoms with Crippen LogP contribution in [0.2, 0.25) is 5.02 Å². The molecule has 100 valence electrons. The summed E-state index contributed by atoms with van der Waals surface area (Å²) in [4.78, 5) is 12.4. The fraction of sp³-hybridized carbons (Fsp3) is 0.0625. The number of hydrogen-bond donors (Lipinski definition) is 1. The Kier molecular flexibility index (Phi) is 2.99. The summed E-state index contributed by atoms with van der Waals surface area (Å²) in [6, 6.07) is 12.3. The quantitative estimate of drug-likeness (QED) is 0.567. The van der Waals surface area contributed by atoms with Crippen molar-refractivity contribution in [1.82, 2.24) is 0 Å². The molecule has 0 spiro atoms. The van der Waals surface area contributed by atoms with Gasteiger partial charge in [0, 0.05) is 10.9 Å². The number of hydrogen-bond acceptors (Lipinski definition) is 3. The number of carbonyl (C=O) groups excluding carboxylic acids is 1. The lowest BCUT2D eigenvalue weighted by Gasteiger charge is -2.01. The average molecular weight is 286 g/mol. The summed E-state index contributed by atoms with van der Waals surface area (Å²) in [7, 11) is 0. The Hall–Kier alpha value is -2.26. The number of fused-ring (bicyclic) bond motifs is 1. The van der Waals surface area contributed by atoms with Crippen molar-refractivity contribution < 1.29 is 9.21 Å². The van der Waals surface area contributed by atoms with Crippen molar-refractivity contribution in [3.05, 3.63) is 64.4 Å². The van der Waals surface area contributed by atoms with E-state index >= 15 is 0 Å². The highest BCUT2D eigenvalue weighted by atomic mass is 35.5. The van der Waals surface area contributed by atoms with Crippen LogP contribution in [0.5, 0.6) is 0 Å². The molecule has 3 nitrogen and oxygen atoms in total. The van der Waals surface area contributed by atoms with Crippen molar-refractivity contribution in [2.24, 2.45) is 0 Å². The molecule has 2 aromatic carbocycles. The van der Waals surface area contributed by atoms with E-state index in [1.807, 2.05) is 25.1 Å². The van der Waals surface area contributed by atoms with Gasteiger partial charge in [0.2, 0.25) is 5.78 Å². The molecular weight excluding hydrogens is 274 g/mol. The second-order valence-electron chi connectivity index (χ2n) is 4.72. The second-order valence-corrected chi connectivity index (χ2v) is 5.12. The van der Waals surface area contributed by atoms with E-state index in [9.17, 15) is 4.79 Å². The number of benzene rings is 2. The van der Waals surface area contributed by atoms with Gasteiger partial charge in [-0.25, -0.2) is 0 Å². The van der Waals surface area contributed by atoms with Gasteiger partial charge in [-0.1, -0.05) is 23.2 Å². The minimum absolute atomic E-state index is 0.208. The van der Waals surface area contributed by atoms with E-state index in [4.69, 9.17) is 21.8 Å². The minimum Gasteiger partial charge on any atom is -0.453 e. The lowest BCUT2D eigenvalue weighted by Crippen LogP contribution is -2.00. The molecule has 20 heavy (non-hydrogen) atoms. The Morgan fingerprint density at radius 2 is 1.95 bits per heavy atom. The van der Waals surface area contributed by atoms with Crippen molar-refractivity contribution in [3.8, 4) is 0 Å². The Labute approximate surface area is 120 Å². The van der Waals surface area contributed by atoms with Gasteiger partial charge < -0.3 is 10.2 Å². The minimum atomic E-state index is -0.208. The van der Waals surface area contributed by atoms with E-state index in [1.165, 1.54) is 0 Å². The van der Waals surface area contributed by atoms with Gasteiger partial charge >= 0.3 is 0 Å². The number of aryl methyl sites for hydroxylation is 1. The number of halogens is 1. The smallest absolute Gasteiger partial charge is 0.228 e. The normalized spacial score (nSPS) is 10.9. The Balaban J connectivity index is 2.05. The van der Waals surface area contributed by atoms with Crippen LogP contribution in [0.3, 0.4) is 0 Å². The van der Waals surface area contributed by atoms with E-state index in [0.29, 0.717) is 27.6 Å². The molecule has 0 aliphatic carbocycles. The average Bonchev–Trinajstić information content (AvgIpc) is 2.84. The van der Waals surface area contributed by atoms with E-state index < -0.39 is 0 Å². The van der Waals surface area contributed by atoms with Crippen molar-refractivity contribution in [2.75, 3.05) is 5.73 Å². The molecular formula is C16H12ClNO2. The summed E-state index contributed by atoms with van der Waals surface area (Å²) in [5.41, 5.74) is 8.36. The van der Waals surface area contributed by atoms with Crippen LogP contribution in [0.4, 0.5) is 5.69 Å². The molecule has 4 heteroatoms. The molecule has 0 radical (unpaired) electrons. The zero-order valence-corrected chi connectivity index (χ0v) is 11.6. The maximum Gasteiger partial charge on any atom is 0.228 e. The monoisotopic (exact) mass is 285 g/mol. The van der Waals surface area contributed by atoms with Crippen LogP contribution in [0.25, 0.3) is 11.0 Å². The van der Waals surface area contributed by atoms with Crippen molar-refractivity contribution >= 4 is 34.0 Å². The molecule has 0 atom stereocenters. The summed E-state index contributed by atoms with van der Waals surface area (Å²) in [6.07, 6.45) is 0. The van der Waals surface area contributed by atoms with Crippen molar-refractivity contribution in [3.63, 3.8) is 0 Å². The topological polar surface area (TPSA) is 56.2 Å². The molecule has 0 saturated carbocycles. The fourth-order valence-corrected chi connectivity index (χ4v) is 2.27. The number of rotatable bonds is 2. The molecule has 0 bridgehead atoms. The predicted molar refractivity (Wildman–Crippen MR) is 80.2 cm³/mol. The van der Waals surface area contributed by atoms with Gasteiger partial charge in [-0.3, -0.25) is 4.79 Å². The highest BCUT2D eigenvalue weighted by Crippen LogP contribution is 2.25. The number of furan rings is 1. The zero-order chi connectivity index (χ0) is 14.3. The third kappa shape index (κ3) is 2.17. The first-order chi connectivity index (χ1) is 9.54. The highest BCUT2D eigenvalue weighted by molar-refractivity contribution is 6.33. The molecule has 0 fully saturated rings. The molecule has 2 N–H and O–H groups in total. The third-order valence-electron chi connectivity index (χ3n) is 3.16. The van der Waals surface area contributed by atoms with Crippen LogP contribution < -0.4 is 5.73 Å². The van der Waals surface area contributed by atoms with Gasteiger partial charge in [-0.05, 0) is 43.3 Å². The second kappa shape index (κ2) is 4.69.